The number of piperidine rings is 1. The van der Waals surface area contributed by atoms with Gasteiger partial charge < -0.3 is 15.5 Å². The molecule has 0 spiro atoms. The van der Waals surface area contributed by atoms with Crippen molar-refractivity contribution in [3.8, 4) is 0 Å². The first-order valence-electron chi connectivity index (χ1n) is 8.65. The maximum atomic E-state index is 13.0. The minimum Gasteiger partial charge on any atom is -0.341 e. The minimum atomic E-state index is -4.42. The van der Waals surface area contributed by atoms with Crippen molar-refractivity contribution in [3.05, 3.63) is 35.4 Å². The fraction of sp³-hybridized carbons (Fsp3) is 0.556. The molecular weight excluding hydrogens is 347 g/mol. The predicted molar refractivity (Wildman–Crippen MR) is 88.9 cm³/mol. The van der Waals surface area contributed by atoms with Crippen LogP contribution in [0.25, 0.3) is 0 Å². The van der Waals surface area contributed by atoms with Crippen LogP contribution in [-0.2, 0) is 15.8 Å². The highest BCUT2D eigenvalue weighted by molar-refractivity contribution is 5.85. The zero-order valence-corrected chi connectivity index (χ0v) is 14.5. The SMILES string of the molecule is CN1C(=O)CCC(C(=O)N2CC[C@@H](N)C2)C1c1ccc(C(F)(F)F)cc1. The van der Waals surface area contributed by atoms with Crippen molar-refractivity contribution >= 4 is 11.8 Å². The summed E-state index contributed by atoms with van der Waals surface area (Å²) in [6.45, 7) is 1.06. The summed E-state index contributed by atoms with van der Waals surface area (Å²) in [4.78, 5) is 28.3. The molecule has 3 atom stereocenters. The summed E-state index contributed by atoms with van der Waals surface area (Å²) in [5, 5.41) is 0. The summed E-state index contributed by atoms with van der Waals surface area (Å²) in [5.41, 5.74) is 5.67. The van der Waals surface area contributed by atoms with E-state index >= 15 is 0 Å². The number of rotatable bonds is 2. The van der Waals surface area contributed by atoms with Gasteiger partial charge in [-0.2, -0.15) is 13.2 Å². The molecule has 2 N–H and O–H groups in total. The third-order valence-corrected chi connectivity index (χ3v) is 5.29. The number of hydrogen-bond donors (Lipinski definition) is 1. The van der Waals surface area contributed by atoms with E-state index in [0.29, 0.717) is 25.1 Å². The van der Waals surface area contributed by atoms with Crippen LogP contribution in [0.1, 0.15) is 36.4 Å². The van der Waals surface area contributed by atoms with E-state index in [1.807, 2.05) is 0 Å². The molecule has 0 bridgehead atoms. The van der Waals surface area contributed by atoms with E-state index in [-0.39, 0.29) is 24.3 Å². The molecule has 142 valence electrons. The maximum absolute atomic E-state index is 13.0. The van der Waals surface area contributed by atoms with Crippen LogP contribution in [0.4, 0.5) is 13.2 Å². The van der Waals surface area contributed by atoms with Gasteiger partial charge in [0.2, 0.25) is 11.8 Å². The van der Waals surface area contributed by atoms with Crippen LogP contribution >= 0.6 is 0 Å². The highest BCUT2D eigenvalue weighted by atomic mass is 19.4. The standard InChI is InChI=1S/C18H22F3N3O2/c1-23-15(25)7-6-14(17(26)24-9-8-13(22)10-24)16(23)11-2-4-12(5-3-11)18(19,20)21/h2-5,13-14,16H,6-10,22H2,1H3/t13-,14?,16?/m1/s1. The fourth-order valence-corrected chi connectivity index (χ4v) is 3.84. The van der Waals surface area contributed by atoms with E-state index in [1.165, 1.54) is 17.0 Å². The molecule has 0 aliphatic carbocycles. The highest BCUT2D eigenvalue weighted by Crippen LogP contribution is 2.38. The number of nitrogens with two attached hydrogens (primary N) is 1. The highest BCUT2D eigenvalue weighted by Gasteiger charge is 2.42. The lowest BCUT2D eigenvalue weighted by Gasteiger charge is -2.40. The van der Waals surface area contributed by atoms with Gasteiger partial charge in [-0.25, -0.2) is 0 Å². The number of alkyl halides is 3. The lowest BCUT2D eigenvalue weighted by molar-refractivity contribution is -0.146. The van der Waals surface area contributed by atoms with Crippen molar-refractivity contribution in [3.63, 3.8) is 0 Å². The van der Waals surface area contributed by atoms with E-state index in [9.17, 15) is 22.8 Å². The second kappa shape index (κ2) is 6.90. The predicted octanol–water partition coefficient (Wildman–Crippen LogP) is 2.17. The molecule has 1 aromatic rings. The molecule has 2 amide bonds. The van der Waals surface area contributed by atoms with Crippen LogP contribution in [0.5, 0.6) is 0 Å². The number of carbonyl (C=O) groups is 2. The number of nitrogens with zero attached hydrogens (tertiary/aromatic N) is 2. The monoisotopic (exact) mass is 369 g/mol. The Morgan fingerprint density at radius 2 is 1.85 bits per heavy atom. The van der Waals surface area contributed by atoms with Crippen LogP contribution in [0, 0.1) is 5.92 Å². The lowest BCUT2D eigenvalue weighted by atomic mass is 9.83. The van der Waals surface area contributed by atoms with E-state index in [4.69, 9.17) is 5.73 Å². The Labute approximate surface area is 149 Å². The van der Waals surface area contributed by atoms with E-state index in [1.54, 1.807) is 11.9 Å². The Hall–Kier alpha value is -2.09. The molecule has 3 rings (SSSR count). The third-order valence-electron chi connectivity index (χ3n) is 5.29. The zero-order valence-electron chi connectivity index (χ0n) is 14.5. The molecule has 0 saturated carbocycles. The normalized spacial score (nSPS) is 27.1. The topological polar surface area (TPSA) is 66.6 Å². The summed E-state index contributed by atoms with van der Waals surface area (Å²) in [6.07, 6.45) is -3.05. The maximum Gasteiger partial charge on any atom is 0.416 e. The zero-order chi connectivity index (χ0) is 19.1. The van der Waals surface area contributed by atoms with E-state index < -0.39 is 23.7 Å². The largest absolute Gasteiger partial charge is 0.416 e. The van der Waals surface area contributed by atoms with Crippen molar-refractivity contribution in [1.82, 2.24) is 9.80 Å². The molecule has 2 aliphatic rings. The van der Waals surface area contributed by atoms with Gasteiger partial charge in [-0.15, -0.1) is 0 Å². The van der Waals surface area contributed by atoms with Gasteiger partial charge in [0.05, 0.1) is 17.5 Å². The Morgan fingerprint density at radius 3 is 2.38 bits per heavy atom. The number of likely N-dealkylation sites (tertiary alicyclic amines) is 2. The molecule has 0 radical (unpaired) electrons. The summed E-state index contributed by atoms with van der Waals surface area (Å²) in [5.74, 6) is -0.668. The third kappa shape index (κ3) is 3.56. The van der Waals surface area contributed by atoms with E-state index in [0.717, 1.165) is 18.6 Å². The van der Waals surface area contributed by atoms with Crippen molar-refractivity contribution in [2.45, 2.75) is 37.5 Å². The van der Waals surface area contributed by atoms with Gasteiger partial charge in [-0.05, 0) is 30.5 Å². The summed E-state index contributed by atoms with van der Waals surface area (Å²) in [6, 6.07) is 4.09. The fourth-order valence-electron chi connectivity index (χ4n) is 3.84. The first-order chi connectivity index (χ1) is 12.2. The van der Waals surface area contributed by atoms with Gasteiger partial charge in [0.1, 0.15) is 0 Å². The second-order valence-corrected chi connectivity index (χ2v) is 7.05. The first-order valence-corrected chi connectivity index (χ1v) is 8.65. The molecule has 2 aliphatic heterocycles. The van der Waals surface area contributed by atoms with Gasteiger partial charge in [0, 0.05) is 32.6 Å². The quantitative estimate of drug-likeness (QED) is 0.869. The summed E-state index contributed by atoms with van der Waals surface area (Å²) >= 11 is 0. The Morgan fingerprint density at radius 1 is 1.19 bits per heavy atom. The van der Waals surface area contributed by atoms with Crippen molar-refractivity contribution in [2.24, 2.45) is 11.7 Å². The number of benzene rings is 1. The average molecular weight is 369 g/mol. The Balaban J connectivity index is 1.88. The number of hydrogen-bond acceptors (Lipinski definition) is 3. The molecular formula is C18H22F3N3O2. The number of amides is 2. The molecule has 2 heterocycles. The van der Waals surface area contributed by atoms with Crippen LogP contribution < -0.4 is 5.73 Å². The van der Waals surface area contributed by atoms with Crippen LogP contribution in [-0.4, -0.2) is 47.8 Å². The molecule has 5 nitrogen and oxygen atoms in total. The smallest absolute Gasteiger partial charge is 0.341 e. The van der Waals surface area contributed by atoms with Crippen molar-refractivity contribution in [1.29, 1.82) is 0 Å². The Kier molecular flexibility index (Phi) is 4.96. The molecule has 2 unspecified atom stereocenters. The molecule has 1 aromatic carbocycles. The summed E-state index contributed by atoms with van der Waals surface area (Å²) in [7, 11) is 1.60. The van der Waals surface area contributed by atoms with Gasteiger partial charge in [-0.1, -0.05) is 12.1 Å². The Bertz CT molecular complexity index is 690. The van der Waals surface area contributed by atoms with Crippen molar-refractivity contribution in [2.75, 3.05) is 20.1 Å². The molecule has 2 saturated heterocycles. The lowest BCUT2D eigenvalue weighted by Crippen LogP contribution is -2.47. The van der Waals surface area contributed by atoms with Gasteiger partial charge in [-0.3, -0.25) is 9.59 Å². The summed E-state index contributed by atoms with van der Waals surface area (Å²) < 4.78 is 38.4. The number of carbonyl (C=O) groups excluding carboxylic acids is 2. The first kappa shape index (κ1) is 18.7. The van der Waals surface area contributed by atoms with Gasteiger partial charge >= 0.3 is 6.18 Å². The molecule has 8 heteroatoms. The van der Waals surface area contributed by atoms with Crippen LogP contribution in [0.2, 0.25) is 0 Å². The van der Waals surface area contributed by atoms with Crippen LogP contribution in [0.3, 0.4) is 0 Å². The van der Waals surface area contributed by atoms with Crippen molar-refractivity contribution < 1.29 is 22.8 Å². The van der Waals surface area contributed by atoms with Gasteiger partial charge in [0.25, 0.3) is 0 Å². The van der Waals surface area contributed by atoms with Crippen LogP contribution in [0.15, 0.2) is 24.3 Å². The average Bonchev–Trinajstić information content (AvgIpc) is 3.02. The molecule has 0 aromatic heterocycles. The van der Waals surface area contributed by atoms with Gasteiger partial charge in [0.15, 0.2) is 0 Å². The van der Waals surface area contributed by atoms with E-state index in [2.05, 4.69) is 0 Å². The molecule has 2 fully saturated rings. The number of halogens is 3. The second-order valence-electron chi connectivity index (χ2n) is 7.05. The molecule has 26 heavy (non-hydrogen) atoms. The minimum absolute atomic E-state index is 0.0496.